The van der Waals surface area contributed by atoms with E-state index in [9.17, 15) is 18.4 Å². The summed E-state index contributed by atoms with van der Waals surface area (Å²) < 4.78 is 31.8. The maximum atomic E-state index is 13.8. The molecule has 0 radical (unpaired) electrons. The number of aryl methyl sites for hydroxylation is 1. The second kappa shape index (κ2) is 6.68. The molecule has 1 amide bonds. The van der Waals surface area contributed by atoms with Gasteiger partial charge in [0, 0.05) is 10.9 Å². The van der Waals surface area contributed by atoms with Crippen LogP contribution in [0.3, 0.4) is 0 Å². The molecule has 1 N–H and O–H groups in total. The Hall–Kier alpha value is -2.28. The molecule has 2 aromatic rings. The van der Waals surface area contributed by atoms with E-state index in [2.05, 4.69) is 5.32 Å². The average Bonchev–Trinajstić information content (AvgIpc) is 3.07. The number of anilines is 1. The van der Waals surface area contributed by atoms with Gasteiger partial charge in [-0.15, -0.1) is 11.3 Å². The van der Waals surface area contributed by atoms with E-state index in [1.165, 1.54) is 11.3 Å². The highest BCUT2D eigenvalue weighted by Gasteiger charge is 2.28. The van der Waals surface area contributed by atoms with Gasteiger partial charge in [0.2, 0.25) is 0 Å². The minimum absolute atomic E-state index is 0.226. The van der Waals surface area contributed by atoms with Gasteiger partial charge in [0.1, 0.15) is 16.6 Å². The highest BCUT2D eigenvalue weighted by Crippen LogP contribution is 2.39. The fourth-order valence-corrected chi connectivity index (χ4v) is 4.03. The lowest BCUT2D eigenvalue weighted by atomic mass is 10.1. The monoisotopic (exact) mass is 351 g/mol. The summed E-state index contributed by atoms with van der Waals surface area (Å²) in [5, 5.41) is 2.93. The quantitative estimate of drug-likeness (QED) is 0.849. The van der Waals surface area contributed by atoms with E-state index in [0.717, 1.165) is 41.8 Å². The number of esters is 1. The zero-order valence-electron chi connectivity index (χ0n) is 12.9. The molecule has 24 heavy (non-hydrogen) atoms. The summed E-state index contributed by atoms with van der Waals surface area (Å²) in [6, 6.07) is 2.74. The predicted octanol–water partition coefficient (Wildman–Crippen LogP) is 3.94. The molecule has 1 aliphatic carbocycles. The lowest BCUT2D eigenvalue weighted by Gasteiger charge is -2.08. The second-order valence-corrected chi connectivity index (χ2v) is 6.47. The van der Waals surface area contributed by atoms with E-state index < -0.39 is 23.5 Å². The summed E-state index contributed by atoms with van der Waals surface area (Å²) >= 11 is 1.31. The molecule has 0 spiro atoms. The Morgan fingerprint density at radius 3 is 2.79 bits per heavy atom. The van der Waals surface area contributed by atoms with Crippen LogP contribution in [-0.2, 0) is 17.6 Å². The third-order valence-corrected chi connectivity index (χ3v) is 5.01. The molecule has 1 aromatic heterocycles. The Morgan fingerprint density at radius 1 is 1.29 bits per heavy atom. The molecule has 1 aliphatic rings. The van der Waals surface area contributed by atoms with Crippen LogP contribution < -0.4 is 5.32 Å². The number of amides is 1. The van der Waals surface area contributed by atoms with Gasteiger partial charge in [-0.2, -0.15) is 0 Å². The first-order chi connectivity index (χ1) is 11.5. The maximum Gasteiger partial charge on any atom is 0.341 e. The number of thiophene rings is 1. The zero-order valence-corrected chi connectivity index (χ0v) is 13.8. The molecule has 126 valence electrons. The third-order valence-electron chi connectivity index (χ3n) is 3.80. The summed E-state index contributed by atoms with van der Waals surface area (Å²) in [4.78, 5) is 25.5. The van der Waals surface area contributed by atoms with E-state index in [1.54, 1.807) is 6.92 Å². The summed E-state index contributed by atoms with van der Waals surface area (Å²) in [5.41, 5.74) is 0.971. The standard InChI is InChI=1S/C17H15F2NO3S/c1-2-23-17(22)14-11-4-3-5-13(11)24-16(14)20-15(21)10-7-6-9(18)8-12(10)19/h6-8H,2-5H2,1H3,(H,20,21). The van der Waals surface area contributed by atoms with Gasteiger partial charge in [-0.05, 0) is 43.9 Å². The number of carbonyl (C=O) groups is 2. The van der Waals surface area contributed by atoms with Gasteiger partial charge in [0.15, 0.2) is 0 Å². The third kappa shape index (κ3) is 3.03. The molecule has 0 saturated heterocycles. The van der Waals surface area contributed by atoms with E-state index in [0.29, 0.717) is 16.6 Å². The number of fused-ring (bicyclic) bond motifs is 1. The number of ether oxygens (including phenoxy) is 1. The number of carbonyl (C=O) groups excluding carboxylic acids is 2. The minimum atomic E-state index is -0.950. The summed E-state index contributed by atoms with van der Waals surface area (Å²) in [5.74, 6) is -2.93. The van der Waals surface area contributed by atoms with Gasteiger partial charge in [-0.25, -0.2) is 13.6 Å². The smallest absolute Gasteiger partial charge is 0.341 e. The Morgan fingerprint density at radius 2 is 2.08 bits per heavy atom. The van der Waals surface area contributed by atoms with Crippen LogP contribution in [0.5, 0.6) is 0 Å². The molecule has 0 aliphatic heterocycles. The van der Waals surface area contributed by atoms with Crippen molar-refractivity contribution in [3.05, 3.63) is 51.4 Å². The van der Waals surface area contributed by atoms with Crippen molar-refractivity contribution in [3.8, 4) is 0 Å². The van der Waals surface area contributed by atoms with Crippen molar-refractivity contribution >= 4 is 28.2 Å². The summed E-state index contributed by atoms with van der Waals surface area (Å²) in [6.07, 6.45) is 2.54. The van der Waals surface area contributed by atoms with Gasteiger partial charge < -0.3 is 10.1 Å². The van der Waals surface area contributed by atoms with E-state index in [1.807, 2.05) is 0 Å². The van der Waals surface area contributed by atoms with Crippen LogP contribution in [0.25, 0.3) is 0 Å². The molecule has 0 bridgehead atoms. The lowest BCUT2D eigenvalue weighted by molar-refractivity contribution is 0.0527. The molecule has 1 heterocycles. The summed E-state index contributed by atoms with van der Waals surface area (Å²) in [6.45, 7) is 1.93. The van der Waals surface area contributed by atoms with Gasteiger partial charge in [0.05, 0.1) is 17.7 Å². The van der Waals surface area contributed by atoms with Crippen molar-refractivity contribution in [2.24, 2.45) is 0 Å². The van der Waals surface area contributed by atoms with Gasteiger partial charge in [-0.1, -0.05) is 0 Å². The van der Waals surface area contributed by atoms with Crippen LogP contribution in [0.2, 0.25) is 0 Å². The lowest BCUT2D eigenvalue weighted by Crippen LogP contribution is -2.16. The van der Waals surface area contributed by atoms with Crippen molar-refractivity contribution < 1.29 is 23.1 Å². The van der Waals surface area contributed by atoms with Crippen molar-refractivity contribution in [3.63, 3.8) is 0 Å². The number of rotatable bonds is 4. The molecule has 0 fully saturated rings. The molecule has 0 saturated carbocycles. The average molecular weight is 351 g/mol. The van der Waals surface area contributed by atoms with Crippen LogP contribution in [0, 0.1) is 11.6 Å². The Bertz CT molecular complexity index is 816. The van der Waals surface area contributed by atoms with Crippen molar-refractivity contribution in [2.75, 3.05) is 11.9 Å². The number of halogens is 2. The highest BCUT2D eigenvalue weighted by molar-refractivity contribution is 7.17. The summed E-state index contributed by atoms with van der Waals surface area (Å²) in [7, 11) is 0. The molecule has 4 nitrogen and oxygen atoms in total. The Labute approximate surface area is 141 Å². The second-order valence-electron chi connectivity index (χ2n) is 5.36. The Kier molecular flexibility index (Phi) is 4.62. The predicted molar refractivity (Wildman–Crippen MR) is 86.6 cm³/mol. The van der Waals surface area contributed by atoms with Crippen molar-refractivity contribution in [1.29, 1.82) is 0 Å². The molecule has 7 heteroatoms. The topological polar surface area (TPSA) is 55.4 Å². The largest absolute Gasteiger partial charge is 0.462 e. The molecule has 0 atom stereocenters. The highest BCUT2D eigenvalue weighted by atomic mass is 32.1. The maximum absolute atomic E-state index is 13.8. The van der Waals surface area contributed by atoms with Crippen molar-refractivity contribution in [2.45, 2.75) is 26.2 Å². The van der Waals surface area contributed by atoms with Crippen LogP contribution in [-0.4, -0.2) is 18.5 Å². The van der Waals surface area contributed by atoms with Crippen LogP contribution >= 0.6 is 11.3 Å². The van der Waals surface area contributed by atoms with Gasteiger partial charge in [0.25, 0.3) is 5.91 Å². The number of nitrogens with one attached hydrogen (secondary N) is 1. The van der Waals surface area contributed by atoms with Gasteiger partial charge >= 0.3 is 5.97 Å². The number of hydrogen-bond acceptors (Lipinski definition) is 4. The van der Waals surface area contributed by atoms with Crippen molar-refractivity contribution in [1.82, 2.24) is 0 Å². The normalized spacial score (nSPS) is 12.8. The first-order valence-corrected chi connectivity index (χ1v) is 8.41. The van der Waals surface area contributed by atoms with E-state index in [4.69, 9.17) is 4.74 Å². The number of hydrogen-bond donors (Lipinski definition) is 1. The molecule has 3 rings (SSSR count). The van der Waals surface area contributed by atoms with Gasteiger partial charge in [-0.3, -0.25) is 4.79 Å². The van der Waals surface area contributed by atoms with Crippen LogP contribution in [0.1, 0.15) is 44.5 Å². The van der Waals surface area contributed by atoms with Crippen LogP contribution in [0.15, 0.2) is 18.2 Å². The fraction of sp³-hybridized carbons (Fsp3) is 0.294. The molecule has 0 unspecified atom stereocenters. The van der Waals surface area contributed by atoms with Crippen LogP contribution in [0.4, 0.5) is 13.8 Å². The molecule has 1 aromatic carbocycles. The fourth-order valence-electron chi connectivity index (χ4n) is 2.76. The molecular formula is C17H15F2NO3S. The molecular weight excluding hydrogens is 336 g/mol. The number of benzene rings is 1. The van der Waals surface area contributed by atoms with E-state index >= 15 is 0 Å². The Balaban J connectivity index is 1.92. The SMILES string of the molecule is CCOC(=O)c1c(NC(=O)c2ccc(F)cc2F)sc2c1CCC2. The first kappa shape index (κ1) is 16.6. The minimum Gasteiger partial charge on any atom is -0.462 e. The first-order valence-electron chi connectivity index (χ1n) is 7.59. The van der Waals surface area contributed by atoms with E-state index in [-0.39, 0.29) is 12.2 Å². The zero-order chi connectivity index (χ0) is 17.3.